The van der Waals surface area contributed by atoms with E-state index in [1.54, 1.807) is 20.8 Å². The minimum absolute atomic E-state index is 0.00212. The minimum Gasteiger partial charge on any atom is -0.444 e. The van der Waals surface area contributed by atoms with Crippen molar-refractivity contribution in [1.29, 1.82) is 0 Å². The number of carbonyl (C=O) groups is 2. The Morgan fingerprint density at radius 3 is 2.22 bits per heavy atom. The zero-order valence-corrected chi connectivity index (χ0v) is 13.0. The first-order valence-electron chi connectivity index (χ1n) is 6.33. The second-order valence-electron chi connectivity index (χ2n) is 5.54. The fourth-order valence-electron chi connectivity index (χ4n) is 1.22. The summed E-state index contributed by atoms with van der Waals surface area (Å²) in [6.45, 7) is 11.2. The summed E-state index contributed by atoms with van der Waals surface area (Å²) in [5.41, 5.74) is -0.550. The van der Waals surface area contributed by atoms with Gasteiger partial charge in [0, 0.05) is 5.75 Å². The minimum atomic E-state index is -0.550. The number of hydrogen-bond acceptors (Lipinski definition) is 4. The monoisotopic (exact) mass is 275 g/mol. The smallest absolute Gasteiger partial charge is 0.408 e. The lowest BCUT2D eigenvalue weighted by atomic mass is 10.1. The molecule has 1 N–H and O–H groups in total. The van der Waals surface area contributed by atoms with E-state index in [0.717, 1.165) is 12.2 Å². The van der Waals surface area contributed by atoms with Crippen LogP contribution >= 0.6 is 11.8 Å². The Kier molecular flexibility index (Phi) is 7.36. The van der Waals surface area contributed by atoms with Crippen LogP contribution in [0.2, 0.25) is 0 Å². The molecule has 1 unspecified atom stereocenters. The van der Waals surface area contributed by atoms with Gasteiger partial charge in [0.25, 0.3) is 0 Å². The molecule has 4 nitrogen and oxygen atoms in total. The van der Waals surface area contributed by atoms with E-state index in [-0.39, 0.29) is 11.0 Å². The molecular weight excluding hydrogens is 250 g/mol. The Morgan fingerprint density at radius 2 is 1.83 bits per heavy atom. The van der Waals surface area contributed by atoms with Crippen molar-refractivity contribution in [3.8, 4) is 0 Å². The maximum Gasteiger partial charge on any atom is 0.408 e. The van der Waals surface area contributed by atoms with E-state index in [1.165, 1.54) is 11.8 Å². The van der Waals surface area contributed by atoms with E-state index in [2.05, 4.69) is 5.32 Å². The van der Waals surface area contributed by atoms with Gasteiger partial charge in [0.1, 0.15) is 11.6 Å². The molecule has 0 aliphatic heterocycles. The van der Waals surface area contributed by atoms with Gasteiger partial charge in [0.2, 0.25) is 5.12 Å². The van der Waals surface area contributed by atoms with Crippen molar-refractivity contribution in [2.45, 2.75) is 59.6 Å². The Morgan fingerprint density at radius 1 is 1.28 bits per heavy atom. The lowest BCUT2D eigenvalue weighted by Crippen LogP contribution is -2.45. The van der Waals surface area contributed by atoms with Crippen LogP contribution in [-0.2, 0) is 9.53 Å². The Hall–Kier alpha value is -0.710. The van der Waals surface area contributed by atoms with E-state index in [1.807, 2.05) is 20.8 Å². The summed E-state index contributed by atoms with van der Waals surface area (Å²) in [6.07, 6.45) is 0.403. The summed E-state index contributed by atoms with van der Waals surface area (Å²) in [5, 5.41) is 2.65. The molecule has 1 amide bonds. The van der Waals surface area contributed by atoms with Crippen LogP contribution in [0.3, 0.4) is 0 Å². The molecule has 0 aromatic carbocycles. The van der Waals surface area contributed by atoms with Gasteiger partial charge in [-0.1, -0.05) is 32.5 Å². The molecule has 0 heterocycles. The molecule has 5 heteroatoms. The SMILES string of the molecule is CCCSC(=O)C(NC(=O)OC(C)(C)C)C(C)C. The van der Waals surface area contributed by atoms with Gasteiger partial charge < -0.3 is 10.1 Å². The molecule has 0 aromatic heterocycles. The predicted molar refractivity (Wildman–Crippen MR) is 75.8 cm³/mol. The molecule has 0 aliphatic carbocycles. The molecule has 0 spiro atoms. The third-order valence-electron chi connectivity index (χ3n) is 2.04. The van der Waals surface area contributed by atoms with E-state index < -0.39 is 17.7 Å². The Bertz CT molecular complexity index is 284. The van der Waals surface area contributed by atoms with Crippen LogP contribution in [0, 0.1) is 5.92 Å². The van der Waals surface area contributed by atoms with Crippen LogP contribution in [0.5, 0.6) is 0 Å². The summed E-state index contributed by atoms with van der Waals surface area (Å²) in [5.74, 6) is 0.826. The number of nitrogens with one attached hydrogen (secondary N) is 1. The lowest BCUT2D eigenvalue weighted by Gasteiger charge is -2.24. The number of thioether (sulfide) groups is 1. The Balaban J connectivity index is 4.45. The van der Waals surface area contributed by atoms with Crippen molar-refractivity contribution >= 4 is 23.0 Å². The first-order chi connectivity index (χ1) is 8.17. The quantitative estimate of drug-likeness (QED) is 0.837. The number of alkyl carbamates (subject to hydrolysis) is 1. The highest BCUT2D eigenvalue weighted by atomic mass is 32.2. The summed E-state index contributed by atoms with van der Waals surface area (Å²) in [6, 6.07) is -0.489. The van der Waals surface area contributed by atoms with Gasteiger partial charge in [0.05, 0.1) is 0 Å². The molecule has 0 aliphatic rings. The van der Waals surface area contributed by atoms with Gasteiger partial charge in [-0.15, -0.1) is 0 Å². The molecule has 1 atom stereocenters. The first-order valence-corrected chi connectivity index (χ1v) is 7.32. The Labute approximate surface area is 114 Å². The average molecular weight is 275 g/mol. The molecule has 106 valence electrons. The molecule has 18 heavy (non-hydrogen) atoms. The van der Waals surface area contributed by atoms with Crippen molar-refractivity contribution in [3.63, 3.8) is 0 Å². The number of hydrogen-bond donors (Lipinski definition) is 1. The van der Waals surface area contributed by atoms with Crippen molar-refractivity contribution in [2.75, 3.05) is 5.75 Å². The first kappa shape index (κ1) is 17.3. The predicted octanol–water partition coefficient (Wildman–Crippen LogP) is 3.21. The van der Waals surface area contributed by atoms with Crippen molar-refractivity contribution in [1.82, 2.24) is 5.32 Å². The lowest BCUT2D eigenvalue weighted by molar-refractivity contribution is -0.113. The van der Waals surface area contributed by atoms with Gasteiger partial charge >= 0.3 is 6.09 Å². The largest absolute Gasteiger partial charge is 0.444 e. The molecule has 0 fully saturated rings. The highest BCUT2D eigenvalue weighted by Gasteiger charge is 2.26. The van der Waals surface area contributed by atoms with Gasteiger partial charge in [-0.2, -0.15) is 0 Å². The van der Waals surface area contributed by atoms with E-state index in [9.17, 15) is 9.59 Å². The molecular formula is C13H25NO3S. The third kappa shape index (κ3) is 7.58. The van der Waals surface area contributed by atoms with Gasteiger partial charge in [-0.3, -0.25) is 4.79 Å². The zero-order valence-electron chi connectivity index (χ0n) is 12.2. The number of ether oxygens (including phenoxy) is 1. The zero-order chi connectivity index (χ0) is 14.3. The van der Waals surface area contributed by atoms with E-state index in [4.69, 9.17) is 4.74 Å². The van der Waals surface area contributed by atoms with Crippen LogP contribution < -0.4 is 5.32 Å². The van der Waals surface area contributed by atoms with E-state index in [0.29, 0.717) is 0 Å². The second-order valence-corrected chi connectivity index (χ2v) is 6.63. The average Bonchev–Trinajstić information content (AvgIpc) is 2.19. The maximum absolute atomic E-state index is 11.9. The molecule has 0 rings (SSSR count). The van der Waals surface area contributed by atoms with Gasteiger partial charge in [-0.05, 0) is 33.1 Å². The summed E-state index contributed by atoms with van der Waals surface area (Å²) in [7, 11) is 0. The molecule has 0 radical (unpaired) electrons. The molecule has 0 saturated heterocycles. The standard InChI is InChI=1S/C13H25NO3S/c1-7-8-18-11(15)10(9(2)3)14-12(16)17-13(4,5)6/h9-10H,7-8H2,1-6H3,(H,14,16). The van der Waals surface area contributed by atoms with Crippen LogP contribution in [-0.4, -0.2) is 28.6 Å². The third-order valence-corrected chi connectivity index (χ3v) is 3.19. The number of amides is 1. The van der Waals surface area contributed by atoms with Gasteiger partial charge in [-0.25, -0.2) is 4.79 Å². The van der Waals surface area contributed by atoms with Crippen LogP contribution in [0.4, 0.5) is 4.79 Å². The highest BCUT2D eigenvalue weighted by molar-refractivity contribution is 8.13. The summed E-state index contributed by atoms with van der Waals surface area (Å²) in [4.78, 5) is 23.6. The highest BCUT2D eigenvalue weighted by Crippen LogP contribution is 2.15. The van der Waals surface area contributed by atoms with E-state index >= 15 is 0 Å². The maximum atomic E-state index is 11.9. The van der Waals surface area contributed by atoms with Crippen molar-refractivity contribution < 1.29 is 14.3 Å². The molecule has 0 saturated carbocycles. The van der Waals surface area contributed by atoms with Crippen LogP contribution in [0.1, 0.15) is 48.0 Å². The molecule has 0 bridgehead atoms. The number of carbonyl (C=O) groups excluding carboxylic acids is 2. The normalized spacial score (nSPS) is 13.3. The number of rotatable bonds is 5. The second kappa shape index (κ2) is 7.67. The van der Waals surface area contributed by atoms with Gasteiger partial charge in [0.15, 0.2) is 0 Å². The molecule has 0 aromatic rings. The van der Waals surface area contributed by atoms with Crippen LogP contribution in [0.15, 0.2) is 0 Å². The fraction of sp³-hybridized carbons (Fsp3) is 0.846. The fourth-order valence-corrected chi connectivity index (χ4v) is 2.14. The summed E-state index contributed by atoms with van der Waals surface area (Å²) < 4.78 is 5.16. The topological polar surface area (TPSA) is 55.4 Å². The van der Waals surface area contributed by atoms with Crippen molar-refractivity contribution in [2.24, 2.45) is 5.92 Å². The van der Waals surface area contributed by atoms with Crippen LogP contribution in [0.25, 0.3) is 0 Å². The summed E-state index contributed by atoms with van der Waals surface area (Å²) >= 11 is 1.26. The van der Waals surface area contributed by atoms with Crippen molar-refractivity contribution in [3.05, 3.63) is 0 Å².